The summed E-state index contributed by atoms with van der Waals surface area (Å²) in [5.74, 6) is -1.07. The fourth-order valence-corrected chi connectivity index (χ4v) is 1.26. The summed E-state index contributed by atoms with van der Waals surface area (Å²) in [4.78, 5) is 10.7. The van der Waals surface area contributed by atoms with Gasteiger partial charge < -0.3 is 15.5 Å². The summed E-state index contributed by atoms with van der Waals surface area (Å²) in [5.41, 5.74) is 0.592. The molecule has 14 heavy (non-hydrogen) atoms. The van der Waals surface area contributed by atoms with Gasteiger partial charge >= 0.3 is 5.97 Å². The van der Waals surface area contributed by atoms with Crippen molar-refractivity contribution in [1.29, 1.82) is 0 Å². The van der Waals surface area contributed by atoms with Crippen LogP contribution in [0, 0.1) is 0 Å². The average Bonchev–Trinajstić information content (AvgIpc) is 2.19. The summed E-state index contributed by atoms with van der Waals surface area (Å²) < 4.78 is 0. The van der Waals surface area contributed by atoms with E-state index in [0.717, 1.165) is 0 Å². The molecule has 0 aromatic heterocycles. The third-order valence-corrected chi connectivity index (χ3v) is 2.03. The zero-order valence-corrected chi connectivity index (χ0v) is 7.84. The van der Waals surface area contributed by atoms with E-state index in [2.05, 4.69) is 5.32 Å². The van der Waals surface area contributed by atoms with Crippen molar-refractivity contribution in [2.75, 3.05) is 7.05 Å². The molecule has 1 rings (SSSR count). The van der Waals surface area contributed by atoms with Crippen molar-refractivity contribution in [3.63, 3.8) is 0 Å². The first-order valence-corrected chi connectivity index (χ1v) is 4.30. The normalized spacial score (nSPS) is 14.7. The third kappa shape index (κ3) is 2.31. The molecule has 4 nitrogen and oxygen atoms in total. The Morgan fingerprint density at radius 1 is 1.36 bits per heavy atom. The van der Waals surface area contributed by atoms with Crippen LogP contribution in [0.2, 0.25) is 0 Å². The molecule has 0 saturated heterocycles. The van der Waals surface area contributed by atoms with E-state index >= 15 is 0 Å². The molecule has 4 heteroatoms. The van der Waals surface area contributed by atoms with Gasteiger partial charge in [-0.05, 0) is 12.6 Å². The number of carboxylic acid groups (broad SMARTS) is 1. The molecule has 2 unspecified atom stereocenters. The van der Waals surface area contributed by atoms with Crippen LogP contribution in [0.1, 0.15) is 11.7 Å². The maximum atomic E-state index is 10.7. The van der Waals surface area contributed by atoms with Crippen LogP contribution in [0.3, 0.4) is 0 Å². The van der Waals surface area contributed by atoms with Gasteiger partial charge in [0.2, 0.25) is 0 Å². The van der Waals surface area contributed by atoms with Gasteiger partial charge in [0.15, 0.2) is 0 Å². The molecule has 0 fully saturated rings. The number of hydrogen-bond donors (Lipinski definition) is 3. The van der Waals surface area contributed by atoms with Crippen LogP contribution in [-0.4, -0.2) is 29.3 Å². The monoisotopic (exact) mass is 195 g/mol. The molecule has 76 valence electrons. The Labute approximate surface area is 82.2 Å². The van der Waals surface area contributed by atoms with Gasteiger partial charge in [-0.3, -0.25) is 4.79 Å². The van der Waals surface area contributed by atoms with E-state index in [1.54, 1.807) is 24.3 Å². The Balaban J connectivity index is 2.83. The summed E-state index contributed by atoms with van der Waals surface area (Å²) in [7, 11) is 1.50. The number of rotatable bonds is 4. The van der Waals surface area contributed by atoms with Crippen molar-refractivity contribution in [1.82, 2.24) is 5.32 Å². The number of carboxylic acids is 1. The van der Waals surface area contributed by atoms with Gasteiger partial charge in [0.1, 0.15) is 12.1 Å². The average molecular weight is 195 g/mol. The number of hydrogen-bond acceptors (Lipinski definition) is 3. The van der Waals surface area contributed by atoms with Crippen LogP contribution < -0.4 is 5.32 Å². The Bertz CT molecular complexity index is 299. The number of aliphatic hydroxyl groups excluding tert-OH is 1. The van der Waals surface area contributed by atoms with Crippen molar-refractivity contribution >= 4 is 5.97 Å². The smallest absolute Gasteiger partial charge is 0.323 e. The van der Waals surface area contributed by atoms with E-state index in [4.69, 9.17) is 5.11 Å². The molecule has 0 spiro atoms. The molecule has 0 aliphatic heterocycles. The second-order valence-corrected chi connectivity index (χ2v) is 2.96. The molecule has 3 N–H and O–H groups in total. The highest BCUT2D eigenvalue weighted by atomic mass is 16.4. The molecule has 2 atom stereocenters. The van der Waals surface area contributed by atoms with E-state index in [0.29, 0.717) is 5.56 Å². The van der Waals surface area contributed by atoms with Crippen LogP contribution in [0.25, 0.3) is 0 Å². The number of likely N-dealkylation sites (N-methyl/N-ethyl adjacent to an activating group) is 1. The summed E-state index contributed by atoms with van der Waals surface area (Å²) >= 11 is 0. The largest absolute Gasteiger partial charge is 0.480 e. The van der Waals surface area contributed by atoms with Gasteiger partial charge in [-0.2, -0.15) is 0 Å². The predicted molar refractivity (Wildman–Crippen MR) is 51.9 cm³/mol. The Morgan fingerprint density at radius 2 is 1.93 bits per heavy atom. The van der Waals surface area contributed by atoms with E-state index in [-0.39, 0.29) is 0 Å². The number of aliphatic hydroxyl groups is 1. The molecule has 0 aliphatic carbocycles. The minimum atomic E-state index is -1.07. The maximum absolute atomic E-state index is 10.7. The van der Waals surface area contributed by atoms with Crippen molar-refractivity contribution in [2.24, 2.45) is 0 Å². The van der Waals surface area contributed by atoms with Gasteiger partial charge in [-0.25, -0.2) is 0 Å². The Morgan fingerprint density at radius 3 is 2.36 bits per heavy atom. The fraction of sp³-hybridized carbons (Fsp3) is 0.300. The zero-order chi connectivity index (χ0) is 10.6. The molecule has 0 amide bonds. The lowest BCUT2D eigenvalue weighted by atomic mass is 10.0. The lowest BCUT2D eigenvalue weighted by Crippen LogP contribution is -2.39. The van der Waals surface area contributed by atoms with Gasteiger partial charge in [0.25, 0.3) is 0 Å². The van der Waals surface area contributed by atoms with Crippen LogP contribution in [-0.2, 0) is 4.79 Å². The summed E-state index contributed by atoms with van der Waals surface area (Å²) in [6.45, 7) is 0. The highest BCUT2D eigenvalue weighted by Gasteiger charge is 2.25. The molecule has 0 heterocycles. The van der Waals surface area contributed by atoms with E-state index < -0.39 is 18.1 Å². The predicted octanol–water partition coefficient (Wildman–Crippen LogP) is 0.393. The number of benzene rings is 1. The van der Waals surface area contributed by atoms with Crippen molar-refractivity contribution in [2.45, 2.75) is 12.1 Å². The summed E-state index contributed by atoms with van der Waals surface area (Å²) in [5, 5.41) is 21.0. The van der Waals surface area contributed by atoms with E-state index in [1.807, 2.05) is 6.07 Å². The molecular formula is C10H13NO3. The number of nitrogens with one attached hydrogen (secondary N) is 1. The van der Waals surface area contributed by atoms with Gasteiger partial charge in [0.05, 0.1) is 0 Å². The topological polar surface area (TPSA) is 69.6 Å². The first-order chi connectivity index (χ1) is 6.66. The van der Waals surface area contributed by atoms with Gasteiger partial charge in [0, 0.05) is 0 Å². The highest BCUT2D eigenvalue weighted by Crippen LogP contribution is 2.16. The van der Waals surface area contributed by atoms with Crippen molar-refractivity contribution in [3.8, 4) is 0 Å². The Hall–Kier alpha value is -1.39. The first-order valence-electron chi connectivity index (χ1n) is 4.30. The zero-order valence-electron chi connectivity index (χ0n) is 7.84. The summed E-state index contributed by atoms with van der Waals surface area (Å²) in [6, 6.07) is 7.74. The van der Waals surface area contributed by atoms with Gasteiger partial charge in [-0.1, -0.05) is 30.3 Å². The van der Waals surface area contributed by atoms with Crippen LogP contribution >= 0.6 is 0 Å². The molecule has 0 aliphatic rings. The lowest BCUT2D eigenvalue weighted by molar-refractivity contribution is -0.142. The van der Waals surface area contributed by atoms with Crippen molar-refractivity contribution in [3.05, 3.63) is 35.9 Å². The molecule has 1 aromatic rings. The van der Waals surface area contributed by atoms with Crippen LogP contribution in [0.15, 0.2) is 30.3 Å². The summed E-state index contributed by atoms with van der Waals surface area (Å²) in [6.07, 6.45) is -1.03. The molecule has 1 aromatic carbocycles. The first kappa shape index (κ1) is 10.7. The molecular weight excluding hydrogens is 182 g/mol. The fourth-order valence-electron chi connectivity index (χ4n) is 1.26. The molecule has 0 bridgehead atoms. The standard InChI is InChI=1S/C10H13NO3/c1-11-8(10(13)14)9(12)7-5-3-2-4-6-7/h2-6,8-9,11-12H,1H3,(H,13,14). The highest BCUT2D eigenvalue weighted by molar-refractivity contribution is 5.74. The quantitative estimate of drug-likeness (QED) is 0.650. The van der Waals surface area contributed by atoms with Crippen LogP contribution in [0.4, 0.5) is 0 Å². The maximum Gasteiger partial charge on any atom is 0.323 e. The van der Waals surface area contributed by atoms with Crippen LogP contribution in [0.5, 0.6) is 0 Å². The lowest BCUT2D eigenvalue weighted by Gasteiger charge is -2.18. The molecule has 0 radical (unpaired) electrons. The minimum absolute atomic E-state index is 0.592. The second kappa shape index (κ2) is 4.74. The number of aliphatic carboxylic acids is 1. The van der Waals surface area contributed by atoms with Crippen molar-refractivity contribution < 1.29 is 15.0 Å². The third-order valence-electron chi connectivity index (χ3n) is 2.03. The minimum Gasteiger partial charge on any atom is -0.480 e. The van der Waals surface area contributed by atoms with E-state index in [9.17, 15) is 9.90 Å². The second-order valence-electron chi connectivity index (χ2n) is 2.96. The molecule has 0 saturated carbocycles. The number of carbonyl (C=O) groups is 1. The SMILES string of the molecule is CNC(C(=O)O)C(O)c1ccccc1. The van der Waals surface area contributed by atoms with E-state index in [1.165, 1.54) is 7.05 Å². The Kier molecular flexibility index (Phi) is 3.62. The van der Waals surface area contributed by atoms with Gasteiger partial charge in [-0.15, -0.1) is 0 Å².